The molecule has 0 amide bonds. The van der Waals surface area contributed by atoms with Gasteiger partial charge >= 0.3 is 0 Å². The van der Waals surface area contributed by atoms with Crippen LogP contribution in [0.1, 0.15) is 22.5 Å². The molecule has 0 bridgehead atoms. The lowest BCUT2D eigenvalue weighted by atomic mass is 9.94. The Balaban J connectivity index is 1.54. The molecule has 1 aliphatic rings. The Morgan fingerprint density at radius 2 is 1.71 bits per heavy atom. The highest BCUT2D eigenvalue weighted by molar-refractivity contribution is 5.65. The van der Waals surface area contributed by atoms with Gasteiger partial charge in [0.25, 0.3) is 0 Å². The van der Waals surface area contributed by atoms with Crippen LogP contribution in [0.15, 0.2) is 60.9 Å². The first kappa shape index (κ1) is 15.0. The second-order valence-electron chi connectivity index (χ2n) is 6.45. The van der Waals surface area contributed by atoms with Crippen molar-refractivity contribution in [3.63, 3.8) is 0 Å². The molecule has 24 heavy (non-hydrogen) atoms. The highest BCUT2D eigenvalue weighted by Gasteiger charge is 2.17. The zero-order chi connectivity index (χ0) is 16.4. The third kappa shape index (κ3) is 3.22. The number of rotatable bonds is 3. The van der Waals surface area contributed by atoms with E-state index in [2.05, 4.69) is 63.4 Å². The molecule has 0 atom stereocenters. The van der Waals surface area contributed by atoms with Crippen LogP contribution in [-0.2, 0) is 19.5 Å². The van der Waals surface area contributed by atoms with Crippen LogP contribution >= 0.6 is 0 Å². The number of hydrogen-bond acceptors (Lipinski definition) is 3. The standard InChI is InChI=1S/C21H21N3/c1-16-22-12-17(13-23-16)14-24-10-9-19-7-8-20(11-21(19)15-24)18-5-3-2-4-6-18/h2-8,11-13H,9-10,14-15H2,1H3. The molecule has 2 aromatic carbocycles. The van der Waals surface area contributed by atoms with Gasteiger partial charge in [-0.25, -0.2) is 9.97 Å². The maximum absolute atomic E-state index is 4.30. The fraction of sp³-hybridized carbons (Fsp3) is 0.238. The first-order valence-electron chi connectivity index (χ1n) is 8.45. The van der Waals surface area contributed by atoms with Crippen LogP contribution in [-0.4, -0.2) is 21.4 Å². The van der Waals surface area contributed by atoms with Crippen molar-refractivity contribution in [2.45, 2.75) is 26.4 Å². The molecule has 0 N–H and O–H groups in total. The third-order valence-corrected chi connectivity index (χ3v) is 4.65. The molecule has 120 valence electrons. The maximum atomic E-state index is 4.30. The Morgan fingerprint density at radius 3 is 2.50 bits per heavy atom. The highest BCUT2D eigenvalue weighted by Crippen LogP contribution is 2.26. The Morgan fingerprint density at radius 1 is 0.917 bits per heavy atom. The van der Waals surface area contributed by atoms with E-state index in [1.54, 1.807) is 0 Å². The summed E-state index contributed by atoms with van der Waals surface area (Å²) in [6.07, 6.45) is 4.99. The summed E-state index contributed by atoms with van der Waals surface area (Å²) in [7, 11) is 0. The van der Waals surface area contributed by atoms with Crippen molar-refractivity contribution in [3.05, 3.63) is 83.4 Å². The number of aromatic nitrogens is 2. The van der Waals surface area contributed by atoms with E-state index in [4.69, 9.17) is 0 Å². The summed E-state index contributed by atoms with van der Waals surface area (Å²) in [5, 5.41) is 0. The van der Waals surface area contributed by atoms with Crippen LogP contribution in [0.4, 0.5) is 0 Å². The Bertz CT molecular complexity index is 825. The number of hydrogen-bond donors (Lipinski definition) is 0. The van der Waals surface area contributed by atoms with Gasteiger partial charge in [-0.15, -0.1) is 0 Å². The van der Waals surface area contributed by atoms with Crippen LogP contribution in [0.3, 0.4) is 0 Å². The molecule has 0 aliphatic carbocycles. The SMILES string of the molecule is Cc1ncc(CN2CCc3ccc(-c4ccccc4)cc3C2)cn1. The van der Waals surface area contributed by atoms with Crippen molar-refractivity contribution >= 4 is 0 Å². The molecule has 0 spiro atoms. The van der Waals surface area contributed by atoms with E-state index >= 15 is 0 Å². The van der Waals surface area contributed by atoms with E-state index in [1.165, 1.54) is 27.8 Å². The average molecular weight is 315 g/mol. The Hall–Kier alpha value is -2.52. The minimum absolute atomic E-state index is 0.829. The lowest BCUT2D eigenvalue weighted by Crippen LogP contribution is -2.30. The second-order valence-corrected chi connectivity index (χ2v) is 6.45. The van der Waals surface area contributed by atoms with Gasteiger partial charge in [-0.3, -0.25) is 4.90 Å². The summed E-state index contributed by atoms with van der Waals surface area (Å²) in [6, 6.07) is 17.5. The van der Waals surface area contributed by atoms with E-state index in [1.807, 2.05) is 19.3 Å². The number of aryl methyl sites for hydroxylation is 1. The molecule has 3 aromatic rings. The smallest absolute Gasteiger partial charge is 0.125 e. The molecular weight excluding hydrogens is 294 g/mol. The molecule has 0 saturated carbocycles. The molecule has 0 radical (unpaired) electrons. The molecule has 0 unspecified atom stereocenters. The van der Waals surface area contributed by atoms with E-state index in [-0.39, 0.29) is 0 Å². The van der Waals surface area contributed by atoms with Gasteiger partial charge in [-0.05, 0) is 41.7 Å². The summed E-state index contributed by atoms with van der Waals surface area (Å²) < 4.78 is 0. The second kappa shape index (κ2) is 6.54. The van der Waals surface area contributed by atoms with Crippen LogP contribution in [0, 0.1) is 6.92 Å². The van der Waals surface area contributed by atoms with Crippen molar-refractivity contribution in [2.24, 2.45) is 0 Å². The van der Waals surface area contributed by atoms with Gasteiger partial charge in [0.2, 0.25) is 0 Å². The lowest BCUT2D eigenvalue weighted by molar-refractivity contribution is 0.245. The third-order valence-electron chi connectivity index (χ3n) is 4.65. The molecule has 1 aromatic heterocycles. The van der Waals surface area contributed by atoms with Crippen LogP contribution in [0.25, 0.3) is 11.1 Å². The Labute approximate surface area is 143 Å². The summed E-state index contributed by atoms with van der Waals surface area (Å²) in [5.41, 5.74) is 6.68. The fourth-order valence-electron chi connectivity index (χ4n) is 3.32. The topological polar surface area (TPSA) is 29.0 Å². The van der Waals surface area contributed by atoms with Gasteiger partial charge in [0.05, 0.1) is 0 Å². The summed E-state index contributed by atoms with van der Waals surface area (Å²) in [4.78, 5) is 11.1. The fourth-order valence-corrected chi connectivity index (χ4v) is 3.32. The maximum Gasteiger partial charge on any atom is 0.125 e. The van der Waals surface area contributed by atoms with Crippen molar-refractivity contribution in [3.8, 4) is 11.1 Å². The number of benzene rings is 2. The molecule has 2 heterocycles. The summed E-state index contributed by atoms with van der Waals surface area (Å²) in [6.45, 7) is 4.91. The van der Waals surface area contributed by atoms with E-state index in [0.717, 1.165) is 31.9 Å². The lowest BCUT2D eigenvalue weighted by Gasteiger charge is -2.29. The average Bonchev–Trinajstić information content (AvgIpc) is 2.64. The van der Waals surface area contributed by atoms with Crippen molar-refractivity contribution in [1.29, 1.82) is 0 Å². The predicted molar refractivity (Wildman–Crippen MR) is 96.5 cm³/mol. The zero-order valence-corrected chi connectivity index (χ0v) is 13.9. The predicted octanol–water partition coefficient (Wildman–Crippen LogP) is 4.01. The molecule has 1 aliphatic heterocycles. The molecular formula is C21H21N3. The van der Waals surface area contributed by atoms with Crippen LogP contribution in [0.5, 0.6) is 0 Å². The summed E-state index contributed by atoms with van der Waals surface area (Å²) >= 11 is 0. The van der Waals surface area contributed by atoms with Gasteiger partial charge in [-0.2, -0.15) is 0 Å². The van der Waals surface area contributed by atoms with E-state index in [9.17, 15) is 0 Å². The van der Waals surface area contributed by atoms with Crippen LogP contribution < -0.4 is 0 Å². The molecule has 3 heteroatoms. The van der Waals surface area contributed by atoms with Gasteiger partial charge in [0.1, 0.15) is 5.82 Å². The largest absolute Gasteiger partial charge is 0.294 e. The number of fused-ring (bicyclic) bond motifs is 1. The minimum Gasteiger partial charge on any atom is -0.294 e. The number of nitrogens with zero attached hydrogens (tertiary/aromatic N) is 3. The van der Waals surface area contributed by atoms with Gasteiger partial charge < -0.3 is 0 Å². The highest BCUT2D eigenvalue weighted by atomic mass is 15.1. The zero-order valence-electron chi connectivity index (χ0n) is 13.9. The molecule has 4 rings (SSSR count). The van der Waals surface area contributed by atoms with Crippen molar-refractivity contribution in [1.82, 2.24) is 14.9 Å². The van der Waals surface area contributed by atoms with E-state index < -0.39 is 0 Å². The van der Waals surface area contributed by atoms with Crippen molar-refractivity contribution < 1.29 is 0 Å². The first-order chi connectivity index (χ1) is 11.8. The minimum atomic E-state index is 0.829. The van der Waals surface area contributed by atoms with Crippen molar-refractivity contribution in [2.75, 3.05) is 6.54 Å². The summed E-state index contributed by atoms with van der Waals surface area (Å²) in [5.74, 6) is 0.829. The van der Waals surface area contributed by atoms with Gasteiger partial charge in [-0.1, -0.05) is 42.5 Å². The van der Waals surface area contributed by atoms with Gasteiger partial charge in [0.15, 0.2) is 0 Å². The normalized spacial score (nSPS) is 14.4. The first-order valence-corrected chi connectivity index (χ1v) is 8.45. The van der Waals surface area contributed by atoms with E-state index in [0.29, 0.717) is 0 Å². The molecule has 0 fully saturated rings. The molecule has 3 nitrogen and oxygen atoms in total. The van der Waals surface area contributed by atoms with Crippen LogP contribution in [0.2, 0.25) is 0 Å². The monoisotopic (exact) mass is 315 g/mol. The molecule has 0 saturated heterocycles. The quantitative estimate of drug-likeness (QED) is 0.731. The Kier molecular flexibility index (Phi) is 4.09. The van der Waals surface area contributed by atoms with Gasteiger partial charge in [0, 0.05) is 37.6 Å².